The first-order valence-corrected chi connectivity index (χ1v) is 12.1. The van der Waals surface area contributed by atoms with Crippen LogP contribution in [0.3, 0.4) is 0 Å². The van der Waals surface area contributed by atoms with E-state index in [2.05, 4.69) is 15.0 Å². The Bertz CT molecular complexity index is 1090. The topological polar surface area (TPSA) is 108 Å². The average molecular weight is 457 g/mol. The van der Waals surface area contributed by atoms with E-state index in [4.69, 9.17) is 0 Å². The summed E-state index contributed by atoms with van der Waals surface area (Å²) in [6.07, 6.45) is 5.98. The van der Waals surface area contributed by atoms with Gasteiger partial charge in [-0.3, -0.25) is 9.59 Å². The Labute approximate surface area is 188 Å². The minimum atomic E-state index is -3.50. The molecule has 0 spiro atoms. The van der Waals surface area contributed by atoms with Crippen molar-refractivity contribution < 1.29 is 18.0 Å². The lowest BCUT2D eigenvalue weighted by molar-refractivity contribution is -0.130. The summed E-state index contributed by atoms with van der Waals surface area (Å²) in [5.41, 5.74) is 1.75. The quantitative estimate of drug-likeness (QED) is 0.623. The van der Waals surface area contributed by atoms with Crippen molar-refractivity contribution in [2.75, 3.05) is 25.0 Å². The van der Waals surface area contributed by atoms with Gasteiger partial charge < -0.3 is 10.2 Å². The maximum atomic E-state index is 12.5. The Hall–Kier alpha value is -3.04. The molecule has 9 heteroatoms. The van der Waals surface area contributed by atoms with Gasteiger partial charge in [0.15, 0.2) is 0 Å². The zero-order valence-corrected chi connectivity index (χ0v) is 19.1. The Kier molecular flexibility index (Phi) is 7.76. The molecular weight excluding hydrogens is 428 g/mol. The third kappa shape index (κ3) is 6.24. The van der Waals surface area contributed by atoms with Crippen molar-refractivity contribution in [3.63, 3.8) is 0 Å². The molecule has 1 aromatic carbocycles. The number of amides is 2. The molecule has 0 atom stereocenters. The fourth-order valence-electron chi connectivity index (χ4n) is 3.50. The number of rotatable bonds is 7. The number of hydrogen-bond acceptors (Lipinski definition) is 5. The van der Waals surface area contributed by atoms with Crippen LogP contribution in [0, 0.1) is 12.8 Å². The molecular formula is C23H28N4O4S. The molecule has 3 rings (SSSR count). The van der Waals surface area contributed by atoms with Crippen LogP contribution in [-0.4, -0.2) is 49.8 Å². The molecule has 2 amide bonds. The normalized spacial score (nSPS) is 15.1. The van der Waals surface area contributed by atoms with Crippen molar-refractivity contribution in [1.29, 1.82) is 0 Å². The maximum absolute atomic E-state index is 12.5. The number of likely N-dealkylation sites (tertiary alicyclic amines) is 1. The number of aromatic nitrogens is 1. The van der Waals surface area contributed by atoms with Crippen LogP contribution in [-0.2, 0) is 19.6 Å². The van der Waals surface area contributed by atoms with Crippen LogP contribution in [0.15, 0.2) is 53.6 Å². The molecule has 0 radical (unpaired) electrons. The number of benzene rings is 1. The van der Waals surface area contributed by atoms with Crippen LogP contribution in [0.4, 0.5) is 5.82 Å². The second-order valence-electron chi connectivity index (χ2n) is 7.71. The summed E-state index contributed by atoms with van der Waals surface area (Å²) in [5, 5.41) is 2.85. The van der Waals surface area contributed by atoms with Gasteiger partial charge in [-0.1, -0.05) is 19.1 Å². The first-order chi connectivity index (χ1) is 15.3. The summed E-state index contributed by atoms with van der Waals surface area (Å²) in [6, 6.07) is 10.0. The van der Waals surface area contributed by atoms with E-state index in [0.29, 0.717) is 38.3 Å². The van der Waals surface area contributed by atoms with Gasteiger partial charge in [0.05, 0.1) is 4.90 Å². The molecule has 0 saturated carbocycles. The van der Waals surface area contributed by atoms with E-state index in [1.54, 1.807) is 36.2 Å². The SMILES string of the molecule is CCNS(=O)(=O)c1ccc(C=CC(=O)N2CCC(C(=O)Nc3cc(C)ccn3)CC2)cc1. The highest BCUT2D eigenvalue weighted by Gasteiger charge is 2.26. The molecule has 0 bridgehead atoms. The predicted octanol–water partition coefficient (Wildman–Crippen LogP) is 2.58. The van der Waals surface area contributed by atoms with E-state index < -0.39 is 10.0 Å². The van der Waals surface area contributed by atoms with Crippen LogP contribution in [0.5, 0.6) is 0 Å². The number of carbonyl (C=O) groups excluding carboxylic acids is 2. The van der Waals surface area contributed by atoms with Crippen LogP contribution in [0.2, 0.25) is 0 Å². The lowest BCUT2D eigenvalue weighted by Gasteiger charge is -2.30. The molecule has 2 heterocycles. The summed E-state index contributed by atoms with van der Waals surface area (Å²) < 4.78 is 26.4. The molecule has 0 unspecified atom stereocenters. The standard InChI is InChI=1S/C23H28N4O4S/c1-3-25-32(30,31)20-7-4-18(5-8-20)6-9-22(28)27-14-11-19(12-15-27)23(29)26-21-16-17(2)10-13-24-21/h4-10,13,16,19,25H,3,11-12,14-15H2,1-2H3,(H,24,26,29). The number of nitrogens with one attached hydrogen (secondary N) is 2. The largest absolute Gasteiger partial charge is 0.339 e. The second-order valence-corrected chi connectivity index (χ2v) is 9.48. The lowest BCUT2D eigenvalue weighted by Crippen LogP contribution is -2.40. The van der Waals surface area contributed by atoms with Crippen molar-refractivity contribution in [3.8, 4) is 0 Å². The number of anilines is 1. The fourth-order valence-corrected chi connectivity index (χ4v) is 4.54. The summed E-state index contributed by atoms with van der Waals surface area (Å²) in [6.45, 7) is 4.98. The van der Waals surface area contributed by atoms with Crippen molar-refractivity contribution in [3.05, 3.63) is 59.8 Å². The third-order valence-electron chi connectivity index (χ3n) is 5.29. The third-order valence-corrected chi connectivity index (χ3v) is 6.85. The molecule has 32 heavy (non-hydrogen) atoms. The minimum Gasteiger partial charge on any atom is -0.339 e. The molecule has 2 N–H and O–H groups in total. The minimum absolute atomic E-state index is 0.0710. The van der Waals surface area contributed by atoms with Gasteiger partial charge in [0.1, 0.15) is 5.82 Å². The first-order valence-electron chi connectivity index (χ1n) is 10.6. The van der Waals surface area contributed by atoms with Gasteiger partial charge >= 0.3 is 0 Å². The van der Waals surface area contributed by atoms with E-state index in [0.717, 1.165) is 11.1 Å². The highest BCUT2D eigenvalue weighted by molar-refractivity contribution is 7.89. The zero-order chi connectivity index (χ0) is 23.1. The van der Waals surface area contributed by atoms with E-state index in [1.165, 1.54) is 18.2 Å². The van der Waals surface area contributed by atoms with E-state index in [9.17, 15) is 18.0 Å². The van der Waals surface area contributed by atoms with Gasteiger partial charge in [0.2, 0.25) is 21.8 Å². The number of aryl methyl sites for hydroxylation is 1. The van der Waals surface area contributed by atoms with Crippen molar-refractivity contribution in [2.24, 2.45) is 5.92 Å². The predicted molar refractivity (Wildman–Crippen MR) is 123 cm³/mol. The Morgan fingerprint density at radius 1 is 1.16 bits per heavy atom. The number of carbonyl (C=O) groups is 2. The van der Waals surface area contributed by atoms with Gasteiger partial charge in [-0.25, -0.2) is 18.1 Å². The Morgan fingerprint density at radius 2 is 1.84 bits per heavy atom. The van der Waals surface area contributed by atoms with Crippen molar-refractivity contribution in [2.45, 2.75) is 31.6 Å². The van der Waals surface area contributed by atoms with Gasteiger partial charge in [0.25, 0.3) is 0 Å². The molecule has 8 nitrogen and oxygen atoms in total. The highest BCUT2D eigenvalue weighted by atomic mass is 32.2. The number of piperidine rings is 1. The van der Waals surface area contributed by atoms with Gasteiger partial charge in [-0.2, -0.15) is 0 Å². The van der Waals surface area contributed by atoms with E-state index in [-0.39, 0.29) is 22.6 Å². The Morgan fingerprint density at radius 3 is 2.47 bits per heavy atom. The van der Waals surface area contributed by atoms with Crippen molar-refractivity contribution in [1.82, 2.24) is 14.6 Å². The summed E-state index contributed by atoms with van der Waals surface area (Å²) in [5.74, 6) is 0.184. The number of nitrogens with zero attached hydrogens (tertiary/aromatic N) is 2. The number of sulfonamides is 1. The summed E-state index contributed by atoms with van der Waals surface area (Å²) in [4.78, 5) is 31.1. The number of hydrogen-bond donors (Lipinski definition) is 2. The first kappa shape index (κ1) is 23.6. The molecule has 1 saturated heterocycles. The van der Waals surface area contributed by atoms with Crippen LogP contribution in [0.25, 0.3) is 6.08 Å². The smallest absolute Gasteiger partial charge is 0.246 e. The zero-order valence-electron chi connectivity index (χ0n) is 18.2. The van der Waals surface area contributed by atoms with Crippen molar-refractivity contribution >= 4 is 33.7 Å². The van der Waals surface area contributed by atoms with Crippen LogP contribution >= 0.6 is 0 Å². The average Bonchev–Trinajstić information content (AvgIpc) is 2.78. The highest BCUT2D eigenvalue weighted by Crippen LogP contribution is 2.20. The van der Waals surface area contributed by atoms with Gasteiger partial charge in [0, 0.05) is 37.8 Å². The molecule has 0 aliphatic carbocycles. The van der Waals surface area contributed by atoms with Gasteiger partial charge in [-0.15, -0.1) is 0 Å². The van der Waals surface area contributed by atoms with Gasteiger partial charge in [-0.05, 0) is 61.2 Å². The lowest BCUT2D eigenvalue weighted by atomic mass is 9.96. The van der Waals surface area contributed by atoms with E-state index >= 15 is 0 Å². The fraction of sp³-hybridized carbons (Fsp3) is 0.348. The number of pyridine rings is 1. The summed E-state index contributed by atoms with van der Waals surface area (Å²) in [7, 11) is -3.50. The second kappa shape index (κ2) is 10.5. The monoisotopic (exact) mass is 456 g/mol. The van der Waals surface area contributed by atoms with E-state index in [1.807, 2.05) is 19.1 Å². The van der Waals surface area contributed by atoms with Crippen LogP contribution < -0.4 is 10.0 Å². The molecule has 1 aliphatic rings. The molecule has 1 aliphatic heterocycles. The van der Waals surface area contributed by atoms with Crippen LogP contribution in [0.1, 0.15) is 30.9 Å². The maximum Gasteiger partial charge on any atom is 0.246 e. The Balaban J connectivity index is 1.51. The summed E-state index contributed by atoms with van der Waals surface area (Å²) >= 11 is 0. The molecule has 1 aromatic heterocycles. The molecule has 1 fully saturated rings. The molecule has 2 aromatic rings. The molecule has 170 valence electrons.